The summed E-state index contributed by atoms with van der Waals surface area (Å²) in [5.74, 6) is 0. The van der Waals surface area contributed by atoms with E-state index in [1.54, 1.807) is 0 Å². The molecule has 0 bridgehead atoms. The molecule has 560 valence electrons. The zero-order valence-corrected chi connectivity index (χ0v) is 64.3. The third kappa shape index (κ3) is 13.4. The van der Waals surface area contributed by atoms with E-state index in [4.69, 9.17) is 22.9 Å². The van der Waals surface area contributed by atoms with Crippen molar-refractivity contribution in [3.05, 3.63) is 333 Å². The molecule has 0 fully saturated rings. The van der Waals surface area contributed by atoms with E-state index >= 15 is 0 Å². The quantitative estimate of drug-likeness (QED) is 0.0690. The Morgan fingerprint density at radius 1 is 0.273 bits per heavy atom. The minimum absolute atomic E-state index is 0.0181. The molecule has 0 saturated heterocycles. The van der Waals surface area contributed by atoms with Crippen LogP contribution >= 0.6 is 0 Å². The molecule has 0 amide bonds. The molecule has 9 aromatic carbocycles. The number of hydrogen-bond acceptors (Lipinski definition) is 18. The Balaban J connectivity index is 0.000000194. The summed E-state index contributed by atoms with van der Waals surface area (Å²) in [6.07, 6.45) is 3.12. The Morgan fingerprint density at radius 3 is 0.918 bits per heavy atom. The Kier molecular flexibility index (Phi) is 20.2. The van der Waals surface area contributed by atoms with Crippen LogP contribution in [-0.4, -0.2) is 18.3 Å². The standard InChI is InChI=1S/C52H46N4O8.C17H22N2.C10H2O6.C9H14N2/c1-24-15-32(16-25(2)30(24)7)19-33-17-28(5)43(29(6)18-33)55-49(61)41-22-37-38(23-42(41)50(55)62)48(60)54(47(37)59)13-11-10-12-34-26(3)14-27(4)44(31(34)8)56-51(63)39-20-35-36(21-40(39)52(56)64)46(58)53(9)45(35)57;1-10-5-14(6-11(2)16(10)18)9-15-7-12(3)17(19)13(4)8-15;11-7-3-1-4-6(10(14)16-8(4)12)2-5(3)9(13)15-7;1-5-4-6(2)9(11)7(3)8(5)10/h14-18,20-23H,10-13,19H2,1-9H3;5-8H,9,18-19H2,1-4H3;1-2H;4H,10-11H2,1-3H3. The number of hydrogen-bond donors (Lipinski definition) is 4. The molecule has 0 aliphatic heterocycles. The van der Waals surface area contributed by atoms with Gasteiger partial charge in [0.15, 0.2) is 0 Å². The zero-order valence-electron chi connectivity index (χ0n) is 64.3. The number of aryl methyl sites for hydroxylation is 12. The molecule has 15 aromatic rings. The molecule has 0 aliphatic carbocycles. The minimum Gasteiger partial charge on any atom is -0.398 e. The maximum atomic E-state index is 14.0. The summed E-state index contributed by atoms with van der Waals surface area (Å²) in [5.41, 5.74) is 41.4. The molecular weight excluding hydrogens is 1390 g/mol. The fourth-order valence-corrected chi connectivity index (χ4v) is 15.7. The van der Waals surface area contributed by atoms with E-state index in [2.05, 4.69) is 93.7 Å². The predicted octanol–water partition coefficient (Wildman–Crippen LogP) is 10.7. The van der Waals surface area contributed by atoms with Crippen LogP contribution in [0, 0.1) is 104 Å². The molecule has 6 heterocycles. The van der Waals surface area contributed by atoms with Crippen molar-refractivity contribution >= 4 is 87.4 Å². The van der Waals surface area contributed by atoms with Gasteiger partial charge in [-0.1, -0.05) is 60.7 Å². The molecule has 8 N–H and O–H groups in total. The van der Waals surface area contributed by atoms with Gasteiger partial charge in [-0.15, -0.1) is 0 Å². The molecule has 15 rings (SSSR count). The maximum absolute atomic E-state index is 14.0. The molecule has 22 heteroatoms. The first kappa shape index (κ1) is 76.7. The smallest absolute Gasteiger partial charge is 0.346 e. The first-order valence-electron chi connectivity index (χ1n) is 35.9. The van der Waals surface area contributed by atoms with Crippen molar-refractivity contribution in [2.75, 3.05) is 22.9 Å². The third-order valence-corrected chi connectivity index (χ3v) is 21.8. The summed E-state index contributed by atoms with van der Waals surface area (Å²) in [5, 5.41) is 0.561. The van der Waals surface area contributed by atoms with Gasteiger partial charge in [0.05, 0.1) is 76.0 Å². The highest BCUT2D eigenvalue weighted by atomic mass is 16.4. The van der Waals surface area contributed by atoms with Crippen LogP contribution in [-0.2, 0) is 32.9 Å². The second kappa shape index (κ2) is 29.0. The summed E-state index contributed by atoms with van der Waals surface area (Å²) in [4.78, 5) is 153. The number of benzene rings is 9. The van der Waals surface area contributed by atoms with Crippen LogP contribution < -0.4 is 89.9 Å². The Morgan fingerprint density at radius 2 is 0.555 bits per heavy atom. The van der Waals surface area contributed by atoms with Crippen LogP contribution in [0.2, 0.25) is 0 Å². The molecule has 0 saturated carbocycles. The zero-order chi connectivity index (χ0) is 80.1. The normalized spacial score (nSPS) is 11.5. The van der Waals surface area contributed by atoms with Crippen LogP contribution in [0.5, 0.6) is 0 Å². The Hall–Kier alpha value is -13.0. The summed E-state index contributed by atoms with van der Waals surface area (Å²) in [6.45, 7) is 29.9. The van der Waals surface area contributed by atoms with Crippen molar-refractivity contribution < 1.29 is 8.83 Å². The fourth-order valence-electron chi connectivity index (χ4n) is 15.7. The van der Waals surface area contributed by atoms with Gasteiger partial charge in [0, 0.05) is 36.3 Å². The highest BCUT2D eigenvalue weighted by molar-refractivity contribution is 6.00. The molecule has 0 unspecified atom stereocenters. The van der Waals surface area contributed by atoms with E-state index < -0.39 is 67.0 Å². The molecule has 0 spiro atoms. The lowest BCUT2D eigenvalue weighted by atomic mass is 9.93. The predicted molar refractivity (Wildman–Crippen MR) is 440 cm³/mol. The molecule has 0 aliphatic rings. The number of nitrogen functional groups attached to an aromatic ring is 4. The molecular formula is C88H84N8O14. The number of rotatable bonds is 11. The second-order valence-corrected chi connectivity index (χ2v) is 29.5. The van der Waals surface area contributed by atoms with Crippen molar-refractivity contribution in [1.29, 1.82) is 0 Å². The molecule has 110 heavy (non-hydrogen) atoms. The van der Waals surface area contributed by atoms with Crippen LogP contribution in [0.15, 0.2) is 163 Å². The first-order chi connectivity index (χ1) is 51.8. The van der Waals surface area contributed by atoms with Gasteiger partial charge < -0.3 is 31.8 Å². The van der Waals surface area contributed by atoms with Gasteiger partial charge in [0.1, 0.15) is 0 Å². The van der Waals surface area contributed by atoms with E-state index in [-0.39, 0.29) is 71.2 Å². The maximum Gasteiger partial charge on any atom is 0.346 e. The number of nitrogens with zero attached hydrogens (tertiary/aromatic N) is 4. The molecule has 0 atom stereocenters. The van der Waals surface area contributed by atoms with Crippen LogP contribution in [0.4, 0.5) is 22.7 Å². The minimum atomic E-state index is -0.824. The largest absolute Gasteiger partial charge is 0.398 e. The summed E-state index contributed by atoms with van der Waals surface area (Å²) in [7, 11) is 1.35. The first-order valence-corrected chi connectivity index (χ1v) is 35.9. The molecule has 0 radical (unpaired) electrons. The Labute approximate surface area is 628 Å². The highest BCUT2D eigenvalue weighted by Crippen LogP contribution is 2.31. The van der Waals surface area contributed by atoms with Crippen molar-refractivity contribution in [2.24, 2.45) is 7.05 Å². The molecule has 6 aromatic heterocycles. The fraction of sp³-hybridized carbons (Fsp3) is 0.250. The molecule has 22 nitrogen and oxygen atoms in total. The van der Waals surface area contributed by atoms with Crippen molar-refractivity contribution in [3.8, 4) is 11.4 Å². The van der Waals surface area contributed by atoms with E-state index in [1.165, 1.54) is 64.7 Å². The number of nitrogens with two attached hydrogens (primary N) is 4. The van der Waals surface area contributed by atoms with Crippen molar-refractivity contribution in [2.45, 2.75) is 143 Å². The van der Waals surface area contributed by atoms with Gasteiger partial charge in [-0.2, -0.15) is 0 Å². The average Bonchev–Trinajstić information content (AvgIpc) is 1.58. The van der Waals surface area contributed by atoms with Crippen LogP contribution in [0.25, 0.3) is 76.0 Å². The van der Waals surface area contributed by atoms with Gasteiger partial charge >= 0.3 is 22.5 Å². The number of furan rings is 2. The third-order valence-electron chi connectivity index (χ3n) is 21.8. The van der Waals surface area contributed by atoms with Crippen molar-refractivity contribution in [3.63, 3.8) is 0 Å². The lowest BCUT2D eigenvalue weighted by Crippen LogP contribution is -2.26. The average molecular weight is 1480 g/mol. The highest BCUT2D eigenvalue weighted by Gasteiger charge is 2.26. The van der Waals surface area contributed by atoms with Crippen LogP contribution in [0.3, 0.4) is 0 Å². The van der Waals surface area contributed by atoms with E-state index in [1.807, 2.05) is 79.7 Å². The van der Waals surface area contributed by atoms with Gasteiger partial charge in [0.25, 0.3) is 44.5 Å². The van der Waals surface area contributed by atoms with E-state index in [0.29, 0.717) is 42.6 Å². The van der Waals surface area contributed by atoms with Crippen LogP contribution in [0.1, 0.15) is 124 Å². The van der Waals surface area contributed by atoms with Crippen molar-refractivity contribution in [1.82, 2.24) is 18.3 Å². The van der Waals surface area contributed by atoms with E-state index in [9.17, 15) is 57.5 Å². The van der Waals surface area contributed by atoms with Gasteiger partial charge in [-0.05, 0) is 284 Å². The number of fused-ring (bicyclic) bond motifs is 6. The topological polar surface area (TPSA) is 355 Å². The number of aromatic nitrogens is 4. The Bertz CT molecular complexity index is 6670. The lowest BCUT2D eigenvalue weighted by Gasteiger charge is -2.17. The monoisotopic (exact) mass is 1480 g/mol. The summed E-state index contributed by atoms with van der Waals surface area (Å²) < 4.78 is 13.1. The summed E-state index contributed by atoms with van der Waals surface area (Å²) >= 11 is 0. The number of unbranched alkanes of at least 4 members (excludes halogenated alkanes) is 1. The second-order valence-electron chi connectivity index (χ2n) is 29.5. The number of anilines is 4. The van der Waals surface area contributed by atoms with E-state index in [0.717, 1.165) is 132 Å². The van der Waals surface area contributed by atoms with Gasteiger partial charge in [0.2, 0.25) is 0 Å². The lowest BCUT2D eigenvalue weighted by molar-refractivity contribution is 0.498. The summed E-state index contributed by atoms with van der Waals surface area (Å²) in [6, 6.07) is 28.7. The SMILES string of the molecule is Cc1cc(C)c(N)c(C)c1N.Cc1cc(Cc2cc(C)c(-n3c(=O)c4cc5c(=O)n(CCCCc6c(C)cc(C)c(-n7c(=O)c8cc9c(=O)n(C)c(=O)c9cc8c7=O)c6C)c(=O)c5cc4c3=O)c(C)c2)cc(C)c1C.Cc1cc(Cc2cc(C)c(N)c(C)c2)cc(C)c1N.O=c1oc(=O)c2cc3c(=O)oc(=O)c3cc12. The van der Waals surface area contributed by atoms with Gasteiger partial charge in [-0.3, -0.25) is 47.5 Å². The van der Waals surface area contributed by atoms with Gasteiger partial charge in [-0.25, -0.2) is 28.3 Å².